The molecule has 3 rings (SSSR count). The van der Waals surface area contributed by atoms with Crippen LogP contribution in [0.15, 0.2) is 41.7 Å². The molecule has 0 amide bonds. The van der Waals surface area contributed by atoms with Gasteiger partial charge in [-0.2, -0.15) is 5.10 Å². The first-order chi connectivity index (χ1) is 9.47. The zero-order valence-electron chi connectivity index (χ0n) is 10.0. The first kappa shape index (κ1) is 12.9. The Bertz CT molecular complexity index is 941. The van der Waals surface area contributed by atoms with Crippen LogP contribution in [0.3, 0.4) is 0 Å². The van der Waals surface area contributed by atoms with E-state index in [0.29, 0.717) is 16.0 Å². The van der Waals surface area contributed by atoms with Gasteiger partial charge >= 0.3 is 0 Å². The van der Waals surface area contributed by atoms with Gasteiger partial charge in [-0.05, 0) is 24.3 Å². The van der Waals surface area contributed by atoms with E-state index in [1.54, 1.807) is 23.0 Å². The molecule has 2 aromatic heterocycles. The molecule has 9 heteroatoms. The van der Waals surface area contributed by atoms with Crippen molar-refractivity contribution in [3.63, 3.8) is 0 Å². The Morgan fingerprint density at radius 3 is 2.60 bits per heavy atom. The minimum atomic E-state index is -3.70. The summed E-state index contributed by atoms with van der Waals surface area (Å²) in [6, 6.07) is 6.08. The Hall–Kier alpha value is -2.10. The van der Waals surface area contributed by atoms with Gasteiger partial charge in [0.1, 0.15) is 10.3 Å². The minimum absolute atomic E-state index is 0.0484. The van der Waals surface area contributed by atoms with E-state index in [1.165, 1.54) is 18.5 Å². The number of aromatic nitrogens is 4. The maximum Gasteiger partial charge on any atom is 0.238 e. The first-order valence-electron chi connectivity index (χ1n) is 5.51. The van der Waals surface area contributed by atoms with Crippen LogP contribution in [0.5, 0.6) is 0 Å². The van der Waals surface area contributed by atoms with Crippen molar-refractivity contribution in [2.75, 3.05) is 0 Å². The lowest BCUT2D eigenvalue weighted by Crippen LogP contribution is -2.12. The summed E-state index contributed by atoms with van der Waals surface area (Å²) in [5.41, 5.74) is 1.37. The number of aromatic amines is 1. The Labute approximate surface area is 119 Å². The molecule has 1 aromatic carbocycles. The number of hydrogen-bond acceptors (Lipinski definition) is 5. The van der Waals surface area contributed by atoms with Crippen molar-refractivity contribution in [3.05, 3.63) is 41.4 Å². The van der Waals surface area contributed by atoms with E-state index in [1.807, 2.05) is 0 Å². The summed E-state index contributed by atoms with van der Waals surface area (Å²) in [6.45, 7) is 0. The largest absolute Gasteiger partial charge is 0.330 e. The average molecular weight is 307 g/mol. The molecule has 0 saturated carbocycles. The van der Waals surface area contributed by atoms with Crippen LogP contribution >= 0.6 is 12.2 Å². The topological polar surface area (TPSA) is 107 Å². The van der Waals surface area contributed by atoms with E-state index < -0.39 is 10.0 Å². The van der Waals surface area contributed by atoms with Gasteiger partial charge in [-0.3, -0.25) is 0 Å². The lowest BCUT2D eigenvalue weighted by atomic mass is 10.3. The fraction of sp³-hybridized carbons (Fsp3) is 0. The highest BCUT2D eigenvalue weighted by atomic mass is 32.2. The summed E-state index contributed by atoms with van der Waals surface area (Å²) in [4.78, 5) is 6.98. The SMILES string of the molecule is NS(=O)(=O)c1ccc(-n2ncc3c(=S)nc[nH]c32)cc1. The van der Waals surface area contributed by atoms with Crippen LogP contribution in [-0.2, 0) is 10.0 Å². The quantitative estimate of drug-likeness (QED) is 0.690. The molecule has 0 unspecified atom stereocenters. The normalized spacial score (nSPS) is 11.8. The highest BCUT2D eigenvalue weighted by Gasteiger charge is 2.10. The number of benzene rings is 1. The molecule has 7 nitrogen and oxygen atoms in total. The summed E-state index contributed by atoms with van der Waals surface area (Å²) in [7, 11) is -3.70. The fourth-order valence-electron chi connectivity index (χ4n) is 1.84. The number of H-pyrrole nitrogens is 1. The van der Waals surface area contributed by atoms with E-state index in [-0.39, 0.29) is 4.90 Å². The summed E-state index contributed by atoms with van der Waals surface area (Å²) < 4.78 is 24.5. The van der Waals surface area contributed by atoms with Crippen LogP contribution in [0.1, 0.15) is 0 Å². The molecule has 0 radical (unpaired) electrons. The average Bonchev–Trinajstić information content (AvgIpc) is 2.83. The molecule has 0 fully saturated rings. The van der Waals surface area contributed by atoms with Crippen LogP contribution in [0.4, 0.5) is 0 Å². The standard InChI is InChI=1S/C11H9N5O2S2/c12-20(17,18)8-3-1-7(2-4-8)16-10-9(5-15-16)11(19)14-6-13-10/h1-6H,(H2,12,17,18)(H,13,14,19). The molecular formula is C11H9N5O2S2. The smallest absolute Gasteiger partial charge is 0.238 e. The van der Waals surface area contributed by atoms with Gasteiger partial charge in [0.15, 0.2) is 0 Å². The fourth-order valence-corrected chi connectivity index (χ4v) is 2.56. The summed E-state index contributed by atoms with van der Waals surface area (Å²) in [5.74, 6) is 0. The van der Waals surface area contributed by atoms with Gasteiger partial charge < -0.3 is 4.98 Å². The summed E-state index contributed by atoms with van der Waals surface area (Å²) in [5, 5.41) is 9.99. The van der Waals surface area contributed by atoms with Gasteiger partial charge in [0.05, 0.1) is 28.5 Å². The Morgan fingerprint density at radius 1 is 1.25 bits per heavy atom. The minimum Gasteiger partial charge on any atom is -0.330 e. The van der Waals surface area contributed by atoms with Crippen molar-refractivity contribution < 1.29 is 8.42 Å². The van der Waals surface area contributed by atoms with Crippen molar-refractivity contribution in [2.24, 2.45) is 5.14 Å². The third-order valence-corrected chi connectivity index (χ3v) is 4.05. The second-order valence-electron chi connectivity index (χ2n) is 4.07. The van der Waals surface area contributed by atoms with Crippen LogP contribution in [0.2, 0.25) is 0 Å². The van der Waals surface area contributed by atoms with Gasteiger partial charge in [0.25, 0.3) is 0 Å². The van der Waals surface area contributed by atoms with Crippen LogP contribution in [0, 0.1) is 4.64 Å². The zero-order valence-corrected chi connectivity index (χ0v) is 11.6. The highest BCUT2D eigenvalue weighted by Crippen LogP contribution is 2.17. The second-order valence-corrected chi connectivity index (χ2v) is 6.01. The summed E-state index contributed by atoms with van der Waals surface area (Å²) >= 11 is 5.11. The number of nitrogens with one attached hydrogen (secondary N) is 1. The predicted octanol–water partition coefficient (Wildman–Crippen LogP) is 1.13. The molecular weight excluding hydrogens is 298 g/mol. The van der Waals surface area contributed by atoms with Crippen molar-refractivity contribution in [1.29, 1.82) is 0 Å². The monoisotopic (exact) mass is 307 g/mol. The second kappa shape index (κ2) is 4.47. The Balaban J connectivity index is 2.17. The zero-order chi connectivity index (χ0) is 14.3. The maximum absolute atomic E-state index is 11.2. The molecule has 20 heavy (non-hydrogen) atoms. The van der Waals surface area contributed by atoms with E-state index in [9.17, 15) is 8.42 Å². The highest BCUT2D eigenvalue weighted by molar-refractivity contribution is 7.89. The Kier molecular flexibility index (Phi) is 2.89. The van der Waals surface area contributed by atoms with Crippen molar-refractivity contribution in [3.8, 4) is 5.69 Å². The molecule has 0 aliphatic rings. The van der Waals surface area contributed by atoms with Gasteiger partial charge in [-0.1, -0.05) is 12.2 Å². The molecule has 2 heterocycles. The number of sulfonamides is 1. The molecule has 0 bridgehead atoms. The number of nitrogens with zero attached hydrogens (tertiary/aromatic N) is 3. The van der Waals surface area contributed by atoms with Crippen molar-refractivity contribution in [1.82, 2.24) is 19.7 Å². The molecule has 0 aliphatic heterocycles. The predicted molar refractivity (Wildman–Crippen MR) is 75.4 cm³/mol. The molecule has 0 aliphatic carbocycles. The van der Waals surface area contributed by atoms with Crippen LogP contribution in [0.25, 0.3) is 16.7 Å². The third-order valence-electron chi connectivity index (χ3n) is 2.79. The molecule has 3 N–H and O–H groups in total. The molecule has 3 aromatic rings. The van der Waals surface area contributed by atoms with Crippen molar-refractivity contribution in [2.45, 2.75) is 4.90 Å². The van der Waals surface area contributed by atoms with Crippen LogP contribution in [-0.4, -0.2) is 28.2 Å². The Morgan fingerprint density at radius 2 is 1.95 bits per heavy atom. The lowest BCUT2D eigenvalue weighted by Gasteiger charge is -2.04. The molecule has 102 valence electrons. The van der Waals surface area contributed by atoms with E-state index >= 15 is 0 Å². The van der Waals surface area contributed by atoms with E-state index in [0.717, 1.165) is 5.39 Å². The molecule has 0 saturated heterocycles. The maximum atomic E-state index is 11.2. The van der Waals surface area contributed by atoms with E-state index in [2.05, 4.69) is 15.1 Å². The lowest BCUT2D eigenvalue weighted by molar-refractivity contribution is 0.598. The number of primary sulfonamides is 1. The molecule has 0 atom stereocenters. The first-order valence-corrected chi connectivity index (χ1v) is 7.47. The summed E-state index contributed by atoms with van der Waals surface area (Å²) in [6.07, 6.45) is 3.09. The number of fused-ring (bicyclic) bond motifs is 1. The van der Waals surface area contributed by atoms with Gasteiger partial charge in [-0.15, -0.1) is 0 Å². The third kappa shape index (κ3) is 2.11. The number of rotatable bonds is 2. The van der Waals surface area contributed by atoms with Gasteiger partial charge in [0, 0.05) is 0 Å². The van der Waals surface area contributed by atoms with Crippen molar-refractivity contribution >= 4 is 33.3 Å². The van der Waals surface area contributed by atoms with Gasteiger partial charge in [-0.25, -0.2) is 23.2 Å². The number of nitrogens with two attached hydrogens (primary N) is 1. The van der Waals surface area contributed by atoms with E-state index in [4.69, 9.17) is 17.4 Å². The van der Waals surface area contributed by atoms with Gasteiger partial charge in [0.2, 0.25) is 10.0 Å². The van der Waals surface area contributed by atoms with Crippen LogP contribution < -0.4 is 5.14 Å². The number of hydrogen-bond donors (Lipinski definition) is 2. The molecule has 0 spiro atoms.